The second kappa shape index (κ2) is 5.69. The van der Waals surface area contributed by atoms with E-state index in [1.807, 2.05) is 18.2 Å². The van der Waals surface area contributed by atoms with Crippen LogP contribution >= 0.6 is 11.3 Å². The molecule has 94 valence electrons. The van der Waals surface area contributed by atoms with Crippen molar-refractivity contribution < 1.29 is 4.79 Å². The predicted molar refractivity (Wildman–Crippen MR) is 76.0 cm³/mol. The van der Waals surface area contributed by atoms with Gasteiger partial charge in [0, 0.05) is 22.5 Å². The molecule has 0 atom stereocenters. The van der Waals surface area contributed by atoms with Crippen molar-refractivity contribution in [2.75, 3.05) is 5.32 Å². The van der Waals surface area contributed by atoms with Gasteiger partial charge in [-0.1, -0.05) is 19.1 Å². The Bertz CT molecular complexity index is 548. The van der Waals surface area contributed by atoms with Crippen LogP contribution in [0.1, 0.15) is 27.7 Å². The number of anilines is 1. The number of amides is 1. The van der Waals surface area contributed by atoms with Gasteiger partial charge in [0.2, 0.25) is 5.91 Å². The molecular formula is C14H16N2OS. The first-order valence-electron chi connectivity index (χ1n) is 5.89. The van der Waals surface area contributed by atoms with E-state index in [-0.39, 0.29) is 5.91 Å². The van der Waals surface area contributed by atoms with E-state index in [4.69, 9.17) is 5.73 Å². The number of rotatable bonds is 5. The summed E-state index contributed by atoms with van der Waals surface area (Å²) in [7, 11) is 0. The standard InChI is InChI=1S/C14H16N2OS/c1-2-10-4-3-5-12(6-10)16-8-13-7-11(9-18-13)14(15)17/h3-7,9,16H,2,8H2,1H3,(H2,15,17). The summed E-state index contributed by atoms with van der Waals surface area (Å²) in [5.41, 5.74) is 8.21. The molecule has 1 aromatic carbocycles. The van der Waals surface area contributed by atoms with Crippen LogP contribution < -0.4 is 11.1 Å². The van der Waals surface area contributed by atoms with E-state index in [9.17, 15) is 4.79 Å². The van der Waals surface area contributed by atoms with Gasteiger partial charge in [0.05, 0.1) is 5.56 Å². The van der Waals surface area contributed by atoms with Gasteiger partial charge in [-0.2, -0.15) is 0 Å². The normalized spacial score (nSPS) is 10.3. The number of hydrogen-bond donors (Lipinski definition) is 2. The Balaban J connectivity index is 1.99. The van der Waals surface area contributed by atoms with Crippen molar-refractivity contribution >= 4 is 22.9 Å². The lowest BCUT2D eigenvalue weighted by Crippen LogP contribution is -2.09. The summed E-state index contributed by atoms with van der Waals surface area (Å²) in [5.74, 6) is -0.370. The zero-order valence-electron chi connectivity index (χ0n) is 10.3. The molecule has 0 unspecified atom stereocenters. The molecule has 2 rings (SSSR count). The third-order valence-corrected chi connectivity index (χ3v) is 3.68. The van der Waals surface area contributed by atoms with Gasteiger partial charge in [0.1, 0.15) is 0 Å². The maximum Gasteiger partial charge on any atom is 0.249 e. The lowest BCUT2D eigenvalue weighted by molar-refractivity contribution is 0.100. The molecule has 0 aliphatic rings. The smallest absolute Gasteiger partial charge is 0.249 e. The van der Waals surface area contributed by atoms with Crippen LogP contribution in [0.4, 0.5) is 5.69 Å². The van der Waals surface area contributed by atoms with Crippen LogP contribution in [0.5, 0.6) is 0 Å². The number of hydrogen-bond acceptors (Lipinski definition) is 3. The summed E-state index contributed by atoms with van der Waals surface area (Å²) in [4.78, 5) is 12.1. The fourth-order valence-corrected chi connectivity index (χ4v) is 2.51. The molecule has 0 saturated carbocycles. The van der Waals surface area contributed by atoms with Gasteiger partial charge >= 0.3 is 0 Å². The first-order valence-corrected chi connectivity index (χ1v) is 6.77. The van der Waals surface area contributed by atoms with Gasteiger partial charge in [-0.05, 0) is 30.2 Å². The molecule has 1 amide bonds. The SMILES string of the molecule is CCc1cccc(NCc2cc(C(N)=O)cs2)c1. The summed E-state index contributed by atoms with van der Waals surface area (Å²) in [5, 5.41) is 5.14. The van der Waals surface area contributed by atoms with Gasteiger partial charge in [0.25, 0.3) is 0 Å². The maximum atomic E-state index is 11.0. The Morgan fingerprint density at radius 3 is 2.89 bits per heavy atom. The highest BCUT2D eigenvalue weighted by Crippen LogP contribution is 2.17. The molecule has 4 heteroatoms. The minimum absolute atomic E-state index is 0.370. The first kappa shape index (κ1) is 12.6. The summed E-state index contributed by atoms with van der Waals surface area (Å²) in [6, 6.07) is 10.2. The van der Waals surface area contributed by atoms with Gasteiger partial charge in [-0.3, -0.25) is 4.79 Å². The number of benzene rings is 1. The zero-order chi connectivity index (χ0) is 13.0. The van der Waals surface area contributed by atoms with Crippen molar-refractivity contribution in [3.8, 4) is 0 Å². The molecule has 0 aliphatic carbocycles. The summed E-state index contributed by atoms with van der Waals surface area (Å²) < 4.78 is 0. The molecule has 0 spiro atoms. The van der Waals surface area contributed by atoms with Crippen molar-refractivity contribution in [3.63, 3.8) is 0 Å². The van der Waals surface area contributed by atoms with E-state index in [1.165, 1.54) is 5.56 Å². The van der Waals surface area contributed by atoms with Crippen molar-refractivity contribution in [2.24, 2.45) is 5.73 Å². The van der Waals surface area contributed by atoms with E-state index in [0.29, 0.717) is 12.1 Å². The molecule has 0 saturated heterocycles. The molecular weight excluding hydrogens is 244 g/mol. The zero-order valence-corrected chi connectivity index (χ0v) is 11.1. The van der Waals surface area contributed by atoms with E-state index < -0.39 is 0 Å². The largest absolute Gasteiger partial charge is 0.380 e. The number of aryl methyl sites for hydroxylation is 1. The second-order valence-electron chi connectivity index (χ2n) is 4.07. The fraction of sp³-hybridized carbons (Fsp3) is 0.214. The first-order chi connectivity index (χ1) is 8.69. The molecule has 0 bridgehead atoms. The molecule has 3 N–H and O–H groups in total. The van der Waals surface area contributed by atoms with E-state index >= 15 is 0 Å². The number of carbonyl (C=O) groups excluding carboxylic acids is 1. The highest BCUT2D eigenvalue weighted by Gasteiger charge is 2.04. The van der Waals surface area contributed by atoms with Crippen LogP contribution in [-0.4, -0.2) is 5.91 Å². The van der Waals surface area contributed by atoms with Gasteiger partial charge in [-0.25, -0.2) is 0 Å². The van der Waals surface area contributed by atoms with Crippen LogP contribution in [0, 0.1) is 0 Å². The van der Waals surface area contributed by atoms with Gasteiger partial charge < -0.3 is 11.1 Å². The third kappa shape index (κ3) is 3.11. The predicted octanol–water partition coefficient (Wildman–Crippen LogP) is 3.02. The van der Waals surface area contributed by atoms with Gasteiger partial charge in [-0.15, -0.1) is 11.3 Å². The van der Waals surface area contributed by atoms with E-state index in [1.54, 1.807) is 16.7 Å². The number of nitrogens with one attached hydrogen (secondary N) is 1. The minimum Gasteiger partial charge on any atom is -0.380 e. The van der Waals surface area contributed by atoms with Crippen LogP contribution in [0.15, 0.2) is 35.7 Å². The fourth-order valence-electron chi connectivity index (χ4n) is 1.69. The Hall–Kier alpha value is -1.81. The summed E-state index contributed by atoms with van der Waals surface area (Å²) in [6.45, 7) is 2.85. The molecule has 2 aromatic rings. The van der Waals surface area contributed by atoms with E-state index in [2.05, 4.69) is 24.4 Å². The Labute approximate surface area is 111 Å². The molecule has 1 aromatic heterocycles. The van der Waals surface area contributed by atoms with Crippen molar-refractivity contribution in [3.05, 3.63) is 51.7 Å². The number of nitrogens with two attached hydrogens (primary N) is 1. The quantitative estimate of drug-likeness (QED) is 0.868. The number of carbonyl (C=O) groups is 1. The van der Waals surface area contributed by atoms with Crippen molar-refractivity contribution in [2.45, 2.75) is 19.9 Å². The van der Waals surface area contributed by atoms with Crippen molar-refractivity contribution in [1.82, 2.24) is 0 Å². The van der Waals surface area contributed by atoms with E-state index in [0.717, 1.165) is 17.0 Å². The molecule has 0 radical (unpaired) electrons. The number of primary amides is 1. The summed E-state index contributed by atoms with van der Waals surface area (Å²) in [6.07, 6.45) is 1.03. The molecule has 18 heavy (non-hydrogen) atoms. The topological polar surface area (TPSA) is 55.1 Å². The maximum absolute atomic E-state index is 11.0. The highest BCUT2D eigenvalue weighted by molar-refractivity contribution is 7.10. The van der Waals surface area contributed by atoms with Crippen LogP contribution in [0.3, 0.4) is 0 Å². The molecule has 0 fully saturated rings. The average molecular weight is 260 g/mol. The Morgan fingerprint density at radius 1 is 1.39 bits per heavy atom. The Morgan fingerprint density at radius 2 is 2.22 bits per heavy atom. The third-order valence-electron chi connectivity index (χ3n) is 2.74. The average Bonchev–Trinajstić information content (AvgIpc) is 2.85. The second-order valence-corrected chi connectivity index (χ2v) is 5.07. The van der Waals surface area contributed by atoms with Crippen LogP contribution in [0.2, 0.25) is 0 Å². The van der Waals surface area contributed by atoms with Crippen molar-refractivity contribution in [1.29, 1.82) is 0 Å². The minimum atomic E-state index is -0.370. The van der Waals surface area contributed by atoms with Gasteiger partial charge in [0.15, 0.2) is 0 Å². The monoisotopic (exact) mass is 260 g/mol. The molecule has 0 aliphatic heterocycles. The molecule has 1 heterocycles. The van der Waals surface area contributed by atoms with Crippen LogP contribution in [-0.2, 0) is 13.0 Å². The number of thiophene rings is 1. The van der Waals surface area contributed by atoms with Crippen LogP contribution in [0.25, 0.3) is 0 Å². The molecule has 3 nitrogen and oxygen atoms in total. The lowest BCUT2D eigenvalue weighted by Gasteiger charge is -2.06. The Kier molecular flexibility index (Phi) is 3.99. The lowest BCUT2D eigenvalue weighted by atomic mass is 10.1. The highest BCUT2D eigenvalue weighted by atomic mass is 32.1. The summed E-state index contributed by atoms with van der Waals surface area (Å²) >= 11 is 1.54.